The lowest BCUT2D eigenvalue weighted by Crippen LogP contribution is -2.45. The number of benzene rings is 2. The lowest BCUT2D eigenvalue weighted by Gasteiger charge is -2.32. The smallest absolute Gasteiger partial charge is 0.286 e. The number of phenols is 1. The van der Waals surface area contributed by atoms with Crippen LogP contribution in [0, 0.1) is 0 Å². The van der Waals surface area contributed by atoms with Crippen molar-refractivity contribution >= 4 is 48.6 Å². The molecule has 212 valence electrons. The van der Waals surface area contributed by atoms with E-state index >= 15 is 0 Å². The molecule has 2 atom stereocenters. The molecule has 2 saturated heterocycles. The summed E-state index contributed by atoms with van der Waals surface area (Å²) >= 11 is 0.926. The van der Waals surface area contributed by atoms with Gasteiger partial charge in [0.05, 0.1) is 28.2 Å². The molecule has 2 aromatic rings. The molecule has 39 heavy (non-hydrogen) atoms. The zero-order valence-corrected chi connectivity index (χ0v) is 23.5. The number of hydrogen-bond donors (Lipinski definition) is 5. The van der Waals surface area contributed by atoms with E-state index in [9.17, 15) is 36.6 Å². The van der Waals surface area contributed by atoms with Crippen LogP contribution in [0.2, 0.25) is 0 Å². The summed E-state index contributed by atoms with van der Waals surface area (Å²) in [6, 6.07) is 10.5. The molecule has 0 radical (unpaired) electrons. The molecule has 0 spiro atoms. The number of anilines is 1. The molecule has 2 amide bonds. The van der Waals surface area contributed by atoms with E-state index in [2.05, 4.69) is 15.4 Å². The highest BCUT2D eigenvalue weighted by molar-refractivity contribution is 8.15. The summed E-state index contributed by atoms with van der Waals surface area (Å²) in [5.74, 6) is -0.605. The van der Waals surface area contributed by atoms with Gasteiger partial charge in [-0.3, -0.25) is 19.6 Å². The highest BCUT2D eigenvalue weighted by Gasteiger charge is 2.32. The molecule has 0 saturated carbocycles. The fraction of sp³-hybridized carbons (Fsp3) is 0.417. The molecule has 0 aromatic heterocycles. The first-order chi connectivity index (χ1) is 18.3. The van der Waals surface area contributed by atoms with Crippen LogP contribution in [0.3, 0.4) is 0 Å². The number of hydrogen-bond acceptors (Lipinski definition) is 10. The van der Waals surface area contributed by atoms with Gasteiger partial charge >= 0.3 is 0 Å². The maximum Gasteiger partial charge on any atom is 0.286 e. The van der Waals surface area contributed by atoms with E-state index < -0.39 is 31.4 Å². The van der Waals surface area contributed by atoms with E-state index in [1.165, 1.54) is 34.6 Å². The van der Waals surface area contributed by atoms with Crippen LogP contribution in [-0.2, 0) is 31.3 Å². The topological polar surface area (TPSA) is 182 Å². The molecular formula is C24H30N4O8S3. The Kier molecular flexibility index (Phi) is 8.88. The number of aliphatic hydroxyl groups excluding tert-OH is 1. The number of carbonyl (C=O) groups excluding carboxylic acids is 2. The first-order valence-electron chi connectivity index (χ1n) is 12.1. The van der Waals surface area contributed by atoms with Crippen molar-refractivity contribution in [2.24, 2.45) is 0 Å². The minimum atomic E-state index is -3.71. The summed E-state index contributed by atoms with van der Waals surface area (Å²) < 4.78 is 52.9. The van der Waals surface area contributed by atoms with Crippen LogP contribution < -0.4 is 15.4 Å². The third kappa shape index (κ3) is 7.49. The van der Waals surface area contributed by atoms with Crippen molar-refractivity contribution in [3.8, 4) is 5.75 Å². The zero-order chi connectivity index (χ0) is 28.4. The van der Waals surface area contributed by atoms with Crippen molar-refractivity contribution in [1.82, 2.24) is 14.9 Å². The Morgan fingerprint density at radius 3 is 2.33 bits per heavy atom. The van der Waals surface area contributed by atoms with Crippen LogP contribution in [0.4, 0.5) is 10.5 Å². The van der Waals surface area contributed by atoms with Crippen LogP contribution in [0.1, 0.15) is 30.1 Å². The Bertz CT molecular complexity index is 1440. The Labute approximate surface area is 231 Å². The summed E-state index contributed by atoms with van der Waals surface area (Å²) in [5.41, 5.74) is 1.14. The number of aromatic hydroxyl groups is 1. The monoisotopic (exact) mass is 598 g/mol. The van der Waals surface area contributed by atoms with Crippen molar-refractivity contribution in [2.45, 2.75) is 41.6 Å². The number of piperidine rings is 1. The van der Waals surface area contributed by atoms with E-state index in [0.717, 1.165) is 23.6 Å². The molecule has 2 aliphatic heterocycles. The number of nitrogens with one attached hydrogen (secondary N) is 3. The predicted octanol–water partition coefficient (Wildman–Crippen LogP) is 1.13. The van der Waals surface area contributed by atoms with Crippen LogP contribution >= 0.6 is 11.8 Å². The van der Waals surface area contributed by atoms with Crippen molar-refractivity contribution < 1.29 is 36.6 Å². The lowest BCUT2D eigenvalue weighted by molar-refractivity contribution is -0.118. The van der Waals surface area contributed by atoms with Crippen LogP contribution in [0.25, 0.3) is 0 Å². The molecule has 2 aliphatic rings. The van der Waals surface area contributed by atoms with Gasteiger partial charge in [-0.25, -0.2) is 16.8 Å². The van der Waals surface area contributed by atoms with Crippen molar-refractivity contribution in [3.05, 3.63) is 53.6 Å². The molecule has 4 rings (SSSR count). The Morgan fingerprint density at radius 1 is 1.08 bits per heavy atom. The average molecular weight is 599 g/mol. The average Bonchev–Trinajstić information content (AvgIpc) is 3.19. The molecule has 0 aliphatic carbocycles. The number of thioether (sulfide) groups is 1. The number of amides is 2. The number of nitrogens with zero attached hydrogens (tertiary/aromatic N) is 1. The quantitative estimate of drug-likeness (QED) is 0.249. The van der Waals surface area contributed by atoms with Gasteiger partial charge in [-0.15, -0.1) is 0 Å². The maximum absolute atomic E-state index is 13.1. The summed E-state index contributed by atoms with van der Waals surface area (Å²) in [7, 11) is -7.32. The van der Waals surface area contributed by atoms with E-state index in [0.29, 0.717) is 37.9 Å². The SMILES string of the molecule is CS(=O)(=O)Nc1cc([C@@H](O)CNC2CCN(S(=O)(=O)c3ccc(CC4SC(=O)NC4=O)cc3)CC2)ccc1O. The van der Waals surface area contributed by atoms with Gasteiger partial charge in [0.15, 0.2) is 0 Å². The van der Waals surface area contributed by atoms with Gasteiger partial charge in [-0.1, -0.05) is 30.0 Å². The highest BCUT2D eigenvalue weighted by Crippen LogP contribution is 2.28. The van der Waals surface area contributed by atoms with E-state index in [1.54, 1.807) is 12.1 Å². The first-order valence-corrected chi connectivity index (χ1v) is 16.4. The first kappa shape index (κ1) is 29.3. The Morgan fingerprint density at radius 2 is 1.74 bits per heavy atom. The highest BCUT2D eigenvalue weighted by atomic mass is 32.2. The van der Waals surface area contributed by atoms with E-state index in [-0.39, 0.29) is 40.1 Å². The standard InChI is InChI=1S/C24H30N4O8S3/c1-38(33,34)27-19-13-16(4-7-20(19)29)21(30)14-25-17-8-10-28(11-9-17)39(35,36)18-5-2-15(3-6-18)12-22-23(31)26-24(32)37-22/h2-7,13,17,21-22,25,27,29-30H,8-12,14H2,1H3,(H,26,31,32)/t21-,22?/m0/s1. The fourth-order valence-electron chi connectivity index (χ4n) is 4.43. The summed E-state index contributed by atoms with van der Waals surface area (Å²) in [6.07, 6.45) is 1.37. The van der Waals surface area contributed by atoms with Gasteiger partial charge in [0.2, 0.25) is 26.0 Å². The van der Waals surface area contributed by atoms with Gasteiger partial charge in [0.25, 0.3) is 5.24 Å². The second-order valence-electron chi connectivity index (χ2n) is 9.48. The molecule has 5 N–H and O–H groups in total. The molecule has 12 nitrogen and oxygen atoms in total. The number of sulfonamides is 2. The van der Waals surface area contributed by atoms with E-state index in [4.69, 9.17) is 0 Å². The second kappa shape index (κ2) is 11.8. The third-order valence-electron chi connectivity index (χ3n) is 6.50. The number of aliphatic hydroxyl groups is 1. The largest absolute Gasteiger partial charge is 0.506 e. The molecule has 2 aromatic carbocycles. The van der Waals surface area contributed by atoms with Crippen molar-refractivity contribution in [1.29, 1.82) is 0 Å². The molecular weight excluding hydrogens is 568 g/mol. The van der Waals surface area contributed by atoms with E-state index in [1.807, 2.05) is 0 Å². The fourth-order valence-corrected chi connectivity index (χ4v) is 7.32. The van der Waals surface area contributed by atoms with Crippen LogP contribution in [0.5, 0.6) is 5.75 Å². The lowest BCUT2D eigenvalue weighted by atomic mass is 10.0. The van der Waals surface area contributed by atoms with Crippen molar-refractivity contribution in [2.75, 3.05) is 30.6 Å². The molecule has 1 unspecified atom stereocenters. The number of phenolic OH excluding ortho intramolecular Hbond substituents is 1. The predicted molar refractivity (Wildman–Crippen MR) is 146 cm³/mol. The van der Waals surface area contributed by atoms with Gasteiger partial charge in [0, 0.05) is 25.7 Å². The summed E-state index contributed by atoms with van der Waals surface area (Å²) in [6.45, 7) is 0.742. The summed E-state index contributed by atoms with van der Waals surface area (Å²) in [4.78, 5) is 23.3. The minimum absolute atomic E-state index is 0.0291. The molecule has 2 fully saturated rings. The Hall–Kier alpha value is -2.69. The summed E-state index contributed by atoms with van der Waals surface area (Å²) in [5, 5.41) is 25.0. The number of rotatable bonds is 10. The number of imide groups is 1. The molecule has 2 heterocycles. The normalized spacial score (nSPS) is 20.1. The number of carbonyl (C=O) groups is 2. The van der Waals surface area contributed by atoms with Crippen LogP contribution in [-0.4, -0.2) is 79.7 Å². The van der Waals surface area contributed by atoms with Crippen LogP contribution in [0.15, 0.2) is 47.4 Å². The van der Waals surface area contributed by atoms with Crippen molar-refractivity contribution in [3.63, 3.8) is 0 Å². The van der Waals surface area contributed by atoms with Gasteiger partial charge in [0.1, 0.15) is 5.75 Å². The molecule has 15 heteroatoms. The van der Waals surface area contributed by atoms with Gasteiger partial charge in [-0.05, 0) is 54.7 Å². The Balaban J connectivity index is 1.28. The van der Waals surface area contributed by atoms with Gasteiger partial charge in [-0.2, -0.15) is 4.31 Å². The zero-order valence-electron chi connectivity index (χ0n) is 21.0. The maximum atomic E-state index is 13.1. The molecule has 0 bridgehead atoms. The third-order valence-corrected chi connectivity index (χ3v) is 9.99. The second-order valence-corrected chi connectivity index (χ2v) is 14.3. The van der Waals surface area contributed by atoms with Gasteiger partial charge < -0.3 is 15.5 Å². The minimum Gasteiger partial charge on any atom is -0.506 e.